The van der Waals surface area contributed by atoms with Gasteiger partial charge in [-0.3, -0.25) is 9.89 Å². The molecule has 2 aliphatic heterocycles. The molecule has 2 fully saturated rings. The van der Waals surface area contributed by atoms with Crippen LogP contribution in [0.25, 0.3) is 11.4 Å². The van der Waals surface area contributed by atoms with E-state index in [2.05, 4.69) is 30.0 Å². The number of rotatable bonds is 3. The van der Waals surface area contributed by atoms with Crippen LogP contribution in [0.1, 0.15) is 21.7 Å². The smallest absolute Gasteiger partial charge is 0.254 e. The van der Waals surface area contributed by atoms with E-state index in [1.54, 1.807) is 12.1 Å². The average molecular weight is 407 g/mol. The van der Waals surface area contributed by atoms with Crippen molar-refractivity contribution in [3.63, 3.8) is 0 Å². The Labute approximate surface area is 173 Å². The molecule has 0 bridgehead atoms. The van der Waals surface area contributed by atoms with Gasteiger partial charge in [0.2, 0.25) is 5.95 Å². The minimum Gasteiger partial charge on any atom is -0.340 e. The second-order valence-electron chi connectivity index (χ2n) is 8.08. The summed E-state index contributed by atoms with van der Waals surface area (Å²) in [7, 11) is 0. The number of amides is 1. The largest absolute Gasteiger partial charge is 0.340 e. The van der Waals surface area contributed by atoms with Crippen molar-refractivity contribution >= 4 is 11.9 Å². The number of hydrogen-bond acceptors (Lipinski definition) is 6. The van der Waals surface area contributed by atoms with E-state index in [0.717, 1.165) is 30.4 Å². The van der Waals surface area contributed by atoms with Crippen LogP contribution < -0.4 is 4.90 Å². The normalized spacial score (nSPS) is 20.6. The number of carbonyl (C=O) groups excluding carboxylic acids is 1. The number of aryl methyl sites for hydroxylation is 2. The van der Waals surface area contributed by atoms with E-state index in [1.807, 2.05) is 24.8 Å². The third-order valence-corrected chi connectivity index (χ3v) is 5.92. The van der Waals surface area contributed by atoms with Crippen molar-refractivity contribution in [3.8, 4) is 11.4 Å². The number of fused-ring (bicyclic) bond motifs is 1. The van der Waals surface area contributed by atoms with Crippen molar-refractivity contribution < 1.29 is 9.18 Å². The Morgan fingerprint density at radius 3 is 2.43 bits per heavy atom. The molecule has 0 saturated carbocycles. The van der Waals surface area contributed by atoms with Gasteiger partial charge in [0.15, 0.2) is 5.82 Å². The molecule has 154 valence electrons. The Hall–Kier alpha value is -3.36. The number of aromatic amines is 1. The zero-order valence-corrected chi connectivity index (χ0v) is 16.8. The number of nitrogens with zero attached hydrogens (tertiary/aromatic N) is 6. The molecule has 1 amide bonds. The molecule has 8 nitrogen and oxygen atoms in total. The molecule has 4 heterocycles. The van der Waals surface area contributed by atoms with Gasteiger partial charge >= 0.3 is 0 Å². The number of anilines is 1. The van der Waals surface area contributed by atoms with Crippen LogP contribution in [0.4, 0.5) is 10.3 Å². The van der Waals surface area contributed by atoms with Crippen molar-refractivity contribution in [1.29, 1.82) is 0 Å². The van der Waals surface area contributed by atoms with Gasteiger partial charge in [0, 0.05) is 49.4 Å². The number of H-pyrrole nitrogens is 1. The van der Waals surface area contributed by atoms with Gasteiger partial charge in [-0.2, -0.15) is 5.10 Å². The third-order valence-electron chi connectivity index (χ3n) is 5.92. The van der Waals surface area contributed by atoms with Gasteiger partial charge < -0.3 is 9.80 Å². The van der Waals surface area contributed by atoms with E-state index < -0.39 is 5.82 Å². The van der Waals surface area contributed by atoms with Crippen LogP contribution in [0.3, 0.4) is 0 Å². The van der Waals surface area contributed by atoms with Crippen molar-refractivity contribution in [2.75, 3.05) is 31.1 Å². The van der Waals surface area contributed by atoms with Crippen molar-refractivity contribution in [2.45, 2.75) is 13.8 Å². The van der Waals surface area contributed by atoms with Crippen LogP contribution in [0.2, 0.25) is 0 Å². The minimum atomic E-state index is -0.491. The van der Waals surface area contributed by atoms with Crippen molar-refractivity contribution in [3.05, 3.63) is 53.4 Å². The van der Waals surface area contributed by atoms with Crippen LogP contribution >= 0.6 is 0 Å². The number of nitrogens with one attached hydrogen (secondary N) is 1. The highest BCUT2D eigenvalue weighted by atomic mass is 19.1. The maximum atomic E-state index is 14.5. The molecule has 5 rings (SSSR count). The van der Waals surface area contributed by atoms with E-state index in [0.29, 0.717) is 30.5 Å². The fourth-order valence-corrected chi connectivity index (χ4v) is 4.61. The molecule has 0 aliphatic carbocycles. The van der Waals surface area contributed by atoms with Crippen LogP contribution in [0.15, 0.2) is 30.6 Å². The maximum absolute atomic E-state index is 14.5. The molecule has 2 atom stereocenters. The van der Waals surface area contributed by atoms with Crippen LogP contribution in [0, 0.1) is 31.5 Å². The Morgan fingerprint density at radius 2 is 1.80 bits per heavy atom. The molecular weight excluding hydrogens is 385 g/mol. The second-order valence-corrected chi connectivity index (χ2v) is 8.08. The number of benzene rings is 1. The van der Waals surface area contributed by atoms with Crippen LogP contribution in [-0.4, -0.2) is 62.1 Å². The lowest BCUT2D eigenvalue weighted by molar-refractivity contribution is 0.0783. The molecule has 3 aromatic rings. The highest BCUT2D eigenvalue weighted by Crippen LogP contribution is 2.34. The van der Waals surface area contributed by atoms with Gasteiger partial charge in [-0.1, -0.05) is 6.07 Å². The molecule has 1 aromatic carbocycles. The van der Waals surface area contributed by atoms with Gasteiger partial charge in [-0.05, 0) is 32.0 Å². The fraction of sp³-hybridized carbons (Fsp3) is 0.381. The predicted molar refractivity (Wildman–Crippen MR) is 108 cm³/mol. The van der Waals surface area contributed by atoms with E-state index >= 15 is 0 Å². The lowest BCUT2D eigenvalue weighted by Gasteiger charge is -2.23. The van der Waals surface area contributed by atoms with Gasteiger partial charge in [0.05, 0.1) is 11.1 Å². The van der Waals surface area contributed by atoms with E-state index in [1.165, 1.54) is 12.4 Å². The summed E-state index contributed by atoms with van der Waals surface area (Å²) < 4.78 is 14.5. The molecular formula is C21H22FN7O. The summed E-state index contributed by atoms with van der Waals surface area (Å²) in [5.74, 6) is 1.05. The Bertz CT molecular complexity index is 1070. The SMILES string of the molecule is Cc1cc(C)nc(N2C[C@H]3CN(C(=O)c4cccc(F)c4-c4ncn[nH]4)C[C@H]3C2)n1. The van der Waals surface area contributed by atoms with Crippen LogP contribution in [-0.2, 0) is 0 Å². The minimum absolute atomic E-state index is 0.169. The van der Waals surface area contributed by atoms with Gasteiger partial charge in [-0.25, -0.2) is 19.3 Å². The predicted octanol–water partition coefficient (Wildman–Crippen LogP) is 2.23. The lowest BCUT2D eigenvalue weighted by atomic mass is 10.0. The molecule has 9 heteroatoms. The number of likely N-dealkylation sites (tertiary alicyclic amines) is 1. The Morgan fingerprint density at radius 1 is 1.10 bits per heavy atom. The molecule has 2 saturated heterocycles. The first kappa shape index (κ1) is 18.7. The topological polar surface area (TPSA) is 90.9 Å². The maximum Gasteiger partial charge on any atom is 0.254 e. The number of hydrogen-bond donors (Lipinski definition) is 1. The van der Waals surface area contributed by atoms with Gasteiger partial charge in [0.25, 0.3) is 5.91 Å². The first-order chi connectivity index (χ1) is 14.5. The highest BCUT2D eigenvalue weighted by Gasteiger charge is 2.43. The van der Waals surface area contributed by atoms with Crippen molar-refractivity contribution in [2.24, 2.45) is 11.8 Å². The number of halogens is 1. The Kier molecular flexibility index (Phi) is 4.45. The molecule has 1 N–H and O–H groups in total. The number of carbonyl (C=O) groups is 1. The van der Waals surface area contributed by atoms with E-state index in [-0.39, 0.29) is 17.3 Å². The monoisotopic (exact) mass is 407 g/mol. The lowest BCUT2D eigenvalue weighted by Crippen LogP contribution is -2.34. The molecule has 0 spiro atoms. The zero-order valence-electron chi connectivity index (χ0n) is 16.8. The summed E-state index contributed by atoms with van der Waals surface area (Å²) in [6, 6.07) is 6.49. The quantitative estimate of drug-likeness (QED) is 0.716. The summed E-state index contributed by atoms with van der Waals surface area (Å²) in [4.78, 5) is 30.5. The summed E-state index contributed by atoms with van der Waals surface area (Å²) in [6.07, 6.45) is 1.31. The molecule has 2 aromatic heterocycles. The fourth-order valence-electron chi connectivity index (χ4n) is 4.61. The highest BCUT2D eigenvalue weighted by molar-refractivity contribution is 6.00. The summed E-state index contributed by atoms with van der Waals surface area (Å²) in [6.45, 7) is 6.85. The molecule has 0 radical (unpaired) electrons. The summed E-state index contributed by atoms with van der Waals surface area (Å²) in [5.41, 5.74) is 2.39. The second kappa shape index (κ2) is 7.16. The van der Waals surface area contributed by atoms with Crippen LogP contribution in [0.5, 0.6) is 0 Å². The number of aromatic nitrogens is 5. The van der Waals surface area contributed by atoms with Gasteiger partial charge in [0.1, 0.15) is 12.1 Å². The molecule has 30 heavy (non-hydrogen) atoms. The first-order valence-electron chi connectivity index (χ1n) is 10.0. The first-order valence-corrected chi connectivity index (χ1v) is 10.0. The summed E-state index contributed by atoms with van der Waals surface area (Å²) in [5, 5.41) is 6.45. The standard InChI is InChI=1S/C21H22FN7O/c1-12-6-13(2)26-21(25-12)29-9-14-7-28(8-15(14)10-29)20(30)16-4-3-5-17(22)18(16)19-23-11-24-27-19/h3-6,11,14-15H,7-10H2,1-2H3,(H,23,24,27)/t14-,15+. The third kappa shape index (κ3) is 3.20. The average Bonchev–Trinajstić information content (AvgIpc) is 3.42. The molecule has 0 unspecified atom stereocenters. The van der Waals surface area contributed by atoms with E-state index in [4.69, 9.17) is 0 Å². The van der Waals surface area contributed by atoms with E-state index in [9.17, 15) is 9.18 Å². The zero-order chi connectivity index (χ0) is 20.8. The van der Waals surface area contributed by atoms with Crippen molar-refractivity contribution in [1.82, 2.24) is 30.0 Å². The summed E-state index contributed by atoms with van der Waals surface area (Å²) >= 11 is 0. The van der Waals surface area contributed by atoms with Gasteiger partial charge in [-0.15, -0.1) is 0 Å². The molecule has 2 aliphatic rings. The Balaban J connectivity index is 1.34.